The first-order valence-electron chi connectivity index (χ1n) is 9.41. The number of aromatic nitrogens is 2. The molecule has 0 aliphatic carbocycles. The number of nitrogens with two attached hydrogens (primary N) is 2. The van der Waals surface area contributed by atoms with Gasteiger partial charge in [-0.2, -0.15) is 0 Å². The molecule has 4 rings (SSSR count). The van der Waals surface area contributed by atoms with Crippen LogP contribution < -0.4 is 21.1 Å². The highest BCUT2D eigenvalue weighted by molar-refractivity contribution is 6.19. The molecule has 1 aromatic carbocycles. The Labute approximate surface area is 171 Å². The first kappa shape index (κ1) is 19.5. The Hall–Kier alpha value is -3.82. The number of nitrogens with one attached hydrogen (secondary N) is 1. The molecule has 10 nitrogen and oxygen atoms in total. The number of nitrogens with zero attached hydrogens (tertiary/aromatic N) is 2. The van der Waals surface area contributed by atoms with Crippen LogP contribution >= 0.6 is 0 Å². The fourth-order valence-corrected chi connectivity index (χ4v) is 4.32. The van der Waals surface area contributed by atoms with Crippen molar-refractivity contribution in [2.24, 2.45) is 11.5 Å². The Kier molecular flexibility index (Phi) is 4.49. The van der Waals surface area contributed by atoms with Crippen molar-refractivity contribution in [1.29, 1.82) is 0 Å². The van der Waals surface area contributed by atoms with Gasteiger partial charge in [0.25, 0.3) is 0 Å². The molecule has 156 valence electrons. The summed E-state index contributed by atoms with van der Waals surface area (Å²) in [5, 5.41) is 7.08. The van der Waals surface area contributed by atoms with E-state index in [0.29, 0.717) is 28.9 Å². The van der Waals surface area contributed by atoms with Gasteiger partial charge in [0, 0.05) is 16.9 Å². The van der Waals surface area contributed by atoms with E-state index in [9.17, 15) is 14.4 Å². The van der Waals surface area contributed by atoms with Crippen LogP contribution in [0.1, 0.15) is 30.2 Å². The molecule has 0 saturated heterocycles. The molecule has 0 saturated carbocycles. The minimum Gasteiger partial charge on any atom is -0.465 e. The normalized spacial score (nSPS) is 19.5. The average Bonchev–Trinajstić information content (AvgIpc) is 3.21. The van der Waals surface area contributed by atoms with Crippen molar-refractivity contribution in [3.63, 3.8) is 0 Å². The highest BCUT2D eigenvalue weighted by atomic mass is 16.5. The Morgan fingerprint density at radius 3 is 2.73 bits per heavy atom. The van der Waals surface area contributed by atoms with Gasteiger partial charge in [0.05, 0.1) is 12.7 Å². The number of fused-ring (bicyclic) bond motifs is 4. The molecule has 10 heteroatoms. The highest BCUT2D eigenvalue weighted by Gasteiger charge is 2.62. The van der Waals surface area contributed by atoms with Crippen molar-refractivity contribution >= 4 is 23.5 Å². The Bertz CT molecular complexity index is 1100. The summed E-state index contributed by atoms with van der Waals surface area (Å²) >= 11 is 0. The zero-order valence-corrected chi connectivity index (χ0v) is 16.5. The van der Waals surface area contributed by atoms with Crippen LogP contribution in [0.3, 0.4) is 0 Å². The number of hydrogen-bond donors (Lipinski definition) is 3. The van der Waals surface area contributed by atoms with Gasteiger partial charge in [0.2, 0.25) is 23.6 Å². The van der Waals surface area contributed by atoms with E-state index < -0.39 is 23.2 Å². The van der Waals surface area contributed by atoms with Gasteiger partial charge in [-0.1, -0.05) is 31.5 Å². The zero-order valence-electron chi connectivity index (χ0n) is 16.5. The van der Waals surface area contributed by atoms with Crippen LogP contribution in [-0.2, 0) is 31.0 Å². The lowest BCUT2D eigenvalue weighted by Gasteiger charge is -2.34. The Morgan fingerprint density at radius 1 is 1.33 bits per heavy atom. The maximum atomic E-state index is 14.0. The van der Waals surface area contributed by atoms with Gasteiger partial charge in [-0.05, 0) is 12.5 Å². The van der Waals surface area contributed by atoms with Crippen LogP contribution in [0, 0.1) is 0 Å². The number of carbonyl (C=O) groups is 3. The van der Waals surface area contributed by atoms with Gasteiger partial charge in [0.15, 0.2) is 0 Å². The van der Waals surface area contributed by atoms with Gasteiger partial charge in [0.1, 0.15) is 17.5 Å². The average molecular weight is 411 g/mol. The van der Waals surface area contributed by atoms with Crippen LogP contribution in [0.25, 0.3) is 0 Å². The molecule has 1 aromatic heterocycles. The van der Waals surface area contributed by atoms with Crippen LogP contribution in [0.5, 0.6) is 5.88 Å². The summed E-state index contributed by atoms with van der Waals surface area (Å²) in [7, 11) is 1.20. The number of ether oxygens (including phenoxy) is 2. The molecule has 0 unspecified atom stereocenters. The number of carbonyl (C=O) groups excluding carboxylic acids is 3. The monoisotopic (exact) mass is 411 g/mol. The summed E-state index contributed by atoms with van der Waals surface area (Å²) in [6.07, 6.45) is 1.30. The fraction of sp³-hybridized carbons (Fsp3) is 0.300. The number of H-pyrrole nitrogens is 1. The van der Waals surface area contributed by atoms with Gasteiger partial charge in [-0.25, -0.2) is 4.79 Å². The first-order chi connectivity index (χ1) is 14.4. The van der Waals surface area contributed by atoms with Gasteiger partial charge < -0.3 is 25.8 Å². The summed E-state index contributed by atoms with van der Waals surface area (Å²) < 4.78 is 10.6. The van der Waals surface area contributed by atoms with Crippen LogP contribution in [0.15, 0.2) is 35.7 Å². The van der Waals surface area contributed by atoms with Crippen molar-refractivity contribution in [2.45, 2.75) is 25.2 Å². The lowest BCUT2D eigenvalue weighted by molar-refractivity contribution is -0.138. The number of primary amides is 1. The van der Waals surface area contributed by atoms with Crippen molar-refractivity contribution in [3.05, 3.63) is 52.5 Å². The van der Waals surface area contributed by atoms with E-state index in [1.807, 2.05) is 6.92 Å². The largest absolute Gasteiger partial charge is 0.465 e. The van der Waals surface area contributed by atoms with Gasteiger partial charge in [-0.15, -0.1) is 5.10 Å². The third-order valence-corrected chi connectivity index (χ3v) is 5.38. The molecule has 30 heavy (non-hydrogen) atoms. The van der Waals surface area contributed by atoms with Crippen molar-refractivity contribution in [2.75, 3.05) is 18.6 Å². The maximum Gasteiger partial charge on any atom is 0.340 e. The molecule has 1 spiro atoms. The predicted molar refractivity (Wildman–Crippen MR) is 105 cm³/mol. The summed E-state index contributed by atoms with van der Waals surface area (Å²) in [4.78, 5) is 39.9. The number of hydrogen-bond acceptors (Lipinski definition) is 7. The van der Waals surface area contributed by atoms with E-state index >= 15 is 0 Å². The Balaban J connectivity index is 2.12. The first-order valence-corrected chi connectivity index (χ1v) is 9.41. The maximum absolute atomic E-state index is 14.0. The number of rotatable bonds is 5. The number of methoxy groups -OCH3 is 1. The standard InChI is InChI=1S/C20H21N5O5/c1-3-6-11-14-17(24-23-11)30-16(22)15(18(27)29-2)20(14)10-7-4-5-8-12(10)25(19(20)28)9-13(21)26/h4-5,7-8H,3,6,9,22H2,1-2H3,(H2,21,26)(H,23,24)/t20-/m0/s1. The second-order valence-electron chi connectivity index (χ2n) is 7.09. The number of aryl methyl sites for hydroxylation is 1. The topological polar surface area (TPSA) is 154 Å². The molecule has 2 amide bonds. The Morgan fingerprint density at radius 2 is 2.07 bits per heavy atom. The molecule has 0 fully saturated rings. The minimum atomic E-state index is -1.67. The third kappa shape index (κ3) is 2.43. The molecular formula is C20H21N5O5. The SMILES string of the molecule is CCCc1[nH]nc2c1[C@]1(C(=O)N(CC(N)=O)c3ccccc31)C(C(=O)OC)=C(N)O2. The number of aromatic amines is 1. The zero-order chi connectivity index (χ0) is 21.6. The molecule has 2 aromatic rings. The lowest BCUT2D eigenvalue weighted by atomic mass is 9.68. The van der Waals surface area contributed by atoms with E-state index in [1.54, 1.807) is 24.3 Å². The number of benzene rings is 1. The van der Waals surface area contributed by atoms with E-state index in [4.69, 9.17) is 20.9 Å². The lowest BCUT2D eigenvalue weighted by Crippen LogP contribution is -2.50. The molecule has 1 atom stereocenters. The molecule has 2 aliphatic heterocycles. The van der Waals surface area contributed by atoms with Crippen LogP contribution in [-0.4, -0.2) is 41.6 Å². The number of anilines is 1. The van der Waals surface area contributed by atoms with E-state index in [2.05, 4.69) is 10.2 Å². The summed E-state index contributed by atoms with van der Waals surface area (Å²) in [6.45, 7) is 1.61. The van der Waals surface area contributed by atoms with Gasteiger partial charge in [-0.3, -0.25) is 14.7 Å². The van der Waals surface area contributed by atoms with Crippen LogP contribution in [0.4, 0.5) is 5.69 Å². The quantitative estimate of drug-likeness (QED) is 0.595. The van der Waals surface area contributed by atoms with Crippen molar-refractivity contribution < 1.29 is 23.9 Å². The second kappa shape index (κ2) is 6.90. The number of para-hydroxylation sites is 1. The molecule has 0 radical (unpaired) electrons. The smallest absolute Gasteiger partial charge is 0.340 e. The molecule has 0 bridgehead atoms. The van der Waals surface area contributed by atoms with Crippen molar-refractivity contribution in [3.8, 4) is 5.88 Å². The number of esters is 1. The van der Waals surface area contributed by atoms with E-state index in [1.165, 1.54) is 12.0 Å². The van der Waals surface area contributed by atoms with Gasteiger partial charge >= 0.3 is 5.97 Å². The van der Waals surface area contributed by atoms with E-state index in [0.717, 1.165) is 6.42 Å². The summed E-state index contributed by atoms with van der Waals surface area (Å²) in [5.74, 6) is -2.24. The summed E-state index contributed by atoms with van der Waals surface area (Å²) in [5.41, 5.74) is 11.6. The third-order valence-electron chi connectivity index (χ3n) is 5.38. The fourth-order valence-electron chi connectivity index (χ4n) is 4.32. The molecule has 3 heterocycles. The highest BCUT2D eigenvalue weighted by Crippen LogP contribution is 2.56. The molecule has 2 aliphatic rings. The van der Waals surface area contributed by atoms with Crippen LogP contribution in [0.2, 0.25) is 0 Å². The second-order valence-corrected chi connectivity index (χ2v) is 7.09. The molecule has 5 N–H and O–H groups in total. The summed E-state index contributed by atoms with van der Waals surface area (Å²) in [6, 6.07) is 6.86. The van der Waals surface area contributed by atoms with E-state index in [-0.39, 0.29) is 23.9 Å². The predicted octanol–water partition coefficient (Wildman–Crippen LogP) is 0.216. The molecular weight excluding hydrogens is 390 g/mol. The minimum absolute atomic E-state index is 0.104. The van der Waals surface area contributed by atoms with Crippen molar-refractivity contribution in [1.82, 2.24) is 10.2 Å². The number of amides is 2.